The SMILES string of the molecule is Cc1cccc(Cl)c1N1CC=C[C@@]23O[C@H]4/C=C\CCC(=O)OC[C@H](c5ccccc5)NC(=O)[C@H]4[C@@H]2C(=O)N([C@@H](CO)C(C)C)[C@H]3C1=O. The molecule has 4 aliphatic heterocycles. The predicted molar refractivity (Wildman–Crippen MR) is 175 cm³/mol. The number of aliphatic hydroxyl groups is 1. The lowest BCUT2D eigenvalue weighted by Gasteiger charge is -2.40. The number of cyclic esters (lactones) is 1. The number of hydrogen-bond donors (Lipinski definition) is 2. The summed E-state index contributed by atoms with van der Waals surface area (Å²) in [5.74, 6) is -4.03. The molecule has 0 radical (unpaired) electrons. The molecule has 4 aliphatic rings. The lowest BCUT2D eigenvalue weighted by atomic mass is 9.77. The van der Waals surface area contributed by atoms with Crippen LogP contribution in [0.25, 0.3) is 0 Å². The molecule has 2 aromatic carbocycles. The Bertz CT molecular complexity index is 1590. The van der Waals surface area contributed by atoms with Crippen molar-refractivity contribution >= 4 is 41.0 Å². The number of carbonyl (C=O) groups excluding carboxylic acids is 4. The number of aryl methyl sites for hydroxylation is 1. The van der Waals surface area contributed by atoms with Crippen molar-refractivity contribution in [3.05, 3.63) is 89.0 Å². The zero-order valence-corrected chi connectivity index (χ0v) is 27.4. The minimum absolute atomic E-state index is 0.0838. The zero-order chi connectivity index (χ0) is 33.5. The molecule has 4 heterocycles. The summed E-state index contributed by atoms with van der Waals surface area (Å²) in [5, 5.41) is 14.0. The van der Waals surface area contributed by atoms with Gasteiger partial charge in [-0.15, -0.1) is 0 Å². The molecule has 10 nitrogen and oxygen atoms in total. The molecule has 248 valence electrons. The van der Waals surface area contributed by atoms with E-state index >= 15 is 0 Å². The number of halogens is 1. The first-order valence-corrected chi connectivity index (χ1v) is 16.5. The minimum atomic E-state index is -1.52. The van der Waals surface area contributed by atoms with E-state index in [2.05, 4.69) is 5.32 Å². The molecular formula is C36H40ClN3O7. The molecule has 0 aromatic heterocycles. The van der Waals surface area contributed by atoms with Gasteiger partial charge in [0.25, 0.3) is 5.91 Å². The monoisotopic (exact) mass is 661 g/mol. The van der Waals surface area contributed by atoms with Crippen LogP contribution in [0.3, 0.4) is 0 Å². The van der Waals surface area contributed by atoms with Crippen molar-refractivity contribution in [2.75, 3.05) is 24.7 Å². The number of fused-ring (bicyclic) bond motifs is 2. The van der Waals surface area contributed by atoms with Gasteiger partial charge in [-0.2, -0.15) is 0 Å². The molecule has 1 spiro atoms. The summed E-state index contributed by atoms with van der Waals surface area (Å²) in [5.41, 5.74) is 0.523. The Kier molecular flexibility index (Phi) is 9.29. The van der Waals surface area contributed by atoms with Crippen LogP contribution in [-0.2, 0) is 28.7 Å². The van der Waals surface area contributed by atoms with Gasteiger partial charge in [0, 0.05) is 13.0 Å². The van der Waals surface area contributed by atoms with E-state index in [0.717, 1.165) is 11.1 Å². The van der Waals surface area contributed by atoms with Crippen LogP contribution in [-0.4, -0.2) is 77.2 Å². The maximum atomic E-state index is 14.9. The van der Waals surface area contributed by atoms with Gasteiger partial charge in [-0.1, -0.05) is 92.2 Å². The van der Waals surface area contributed by atoms with Crippen LogP contribution in [0.15, 0.2) is 72.8 Å². The number of anilines is 1. The van der Waals surface area contributed by atoms with Gasteiger partial charge in [0.1, 0.15) is 18.2 Å². The number of hydrogen-bond acceptors (Lipinski definition) is 7. The number of esters is 1. The van der Waals surface area contributed by atoms with E-state index in [4.69, 9.17) is 21.1 Å². The number of likely N-dealkylation sites (tertiary alicyclic amines) is 1. The molecule has 2 aromatic rings. The molecule has 7 atom stereocenters. The van der Waals surface area contributed by atoms with Gasteiger partial charge < -0.3 is 29.7 Å². The fourth-order valence-corrected chi connectivity index (χ4v) is 7.84. The summed E-state index contributed by atoms with van der Waals surface area (Å²) < 4.78 is 12.4. The van der Waals surface area contributed by atoms with Crippen LogP contribution >= 0.6 is 11.6 Å². The molecule has 6 rings (SSSR count). The number of carbonyl (C=O) groups is 4. The average molecular weight is 662 g/mol. The number of nitrogens with zero attached hydrogens (tertiary/aromatic N) is 2. The first kappa shape index (κ1) is 32.9. The molecule has 47 heavy (non-hydrogen) atoms. The number of amides is 3. The summed E-state index contributed by atoms with van der Waals surface area (Å²) in [4.78, 5) is 59.6. The number of ether oxygens (including phenoxy) is 2. The Morgan fingerprint density at radius 3 is 2.51 bits per heavy atom. The minimum Gasteiger partial charge on any atom is -0.463 e. The second kappa shape index (κ2) is 13.3. The number of aliphatic hydroxyl groups excluding tert-OH is 1. The van der Waals surface area contributed by atoms with Gasteiger partial charge in [0.15, 0.2) is 0 Å². The third kappa shape index (κ3) is 5.76. The first-order chi connectivity index (χ1) is 22.6. The lowest BCUT2D eigenvalue weighted by molar-refractivity contribution is -0.147. The fraction of sp³-hybridized carbons (Fsp3) is 0.444. The van der Waals surface area contributed by atoms with Gasteiger partial charge in [0.05, 0.1) is 47.3 Å². The summed E-state index contributed by atoms with van der Waals surface area (Å²) in [6, 6.07) is 12.0. The number of allylic oxidation sites excluding steroid dienone is 1. The zero-order valence-electron chi connectivity index (χ0n) is 26.7. The predicted octanol–water partition coefficient (Wildman–Crippen LogP) is 3.90. The highest BCUT2D eigenvalue weighted by molar-refractivity contribution is 6.34. The van der Waals surface area contributed by atoms with Crippen molar-refractivity contribution < 1.29 is 33.8 Å². The number of para-hydroxylation sites is 1. The Balaban J connectivity index is 1.48. The molecule has 0 aliphatic carbocycles. The largest absolute Gasteiger partial charge is 0.463 e. The quantitative estimate of drug-likeness (QED) is 0.368. The van der Waals surface area contributed by atoms with E-state index in [1.165, 1.54) is 4.90 Å². The van der Waals surface area contributed by atoms with Crippen LogP contribution in [0, 0.1) is 24.7 Å². The van der Waals surface area contributed by atoms with Crippen molar-refractivity contribution in [1.29, 1.82) is 0 Å². The van der Waals surface area contributed by atoms with E-state index in [9.17, 15) is 24.3 Å². The first-order valence-electron chi connectivity index (χ1n) is 16.1. The van der Waals surface area contributed by atoms with Crippen LogP contribution in [0.4, 0.5) is 5.69 Å². The maximum Gasteiger partial charge on any atom is 0.306 e. The van der Waals surface area contributed by atoms with Crippen molar-refractivity contribution in [2.45, 2.75) is 63.4 Å². The molecule has 2 N–H and O–H groups in total. The molecule has 0 bridgehead atoms. The van der Waals surface area contributed by atoms with E-state index in [0.29, 0.717) is 17.1 Å². The lowest BCUT2D eigenvalue weighted by Crippen LogP contribution is -2.59. The number of benzene rings is 2. The Labute approximate surface area is 279 Å². The standard InChI is InChI=1S/C36H40ClN3O7/c1-21(2)26(19-41)40-32-35(45)39(31-22(3)11-9-14-24(31)37)18-10-17-36(32)30(34(40)44)29-27(47-36)15-7-8-16-28(42)46-20-25(38-33(29)43)23-12-5-4-6-13-23/h4-7,9-15,17,21,25-27,29-30,32,41H,8,16,18-20H2,1-3H3,(H,38,43)/b15-7-/t25-,26+,27+,29-,30-,32+,36-/m1/s1. The van der Waals surface area contributed by atoms with Crippen molar-refractivity contribution in [1.82, 2.24) is 10.2 Å². The van der Waals surface area contributed by atoms with E-state index in [-0.39, 0.29) is 32.1 Å². The molecule has 2 saturated heterocycles. The van der Waals surface area contributed by atoms with Crippen molar-refractivity contribution in [2.24, 2.45) is 17.8 Å². The third-order valence-corrected chi connectivity index (χ3v) is 10.1. The van der Waals surface area contributed by atoms with E-state index < -0.39 is 65.4 Å². The summed E-state index contributed by atoms with van der Waals surface area (Å²) in [6.45, 7) is 5.32. The highest BCUT2D eigenvalue weighted by atomic mass is 35.5. The van der Waals surface area contributed by atoms with Gasteiger partial charge in [0.2, 0.25) is 11.8 Å². The van der Waals surface area contributed by atoms with Crippen LogP contribution in [0.2, 0.25) is 5.02 Å². The molecule has 2 fully saturated rings. The van der Waals surface area contributed by atoms with Crippen molar-refractivity contribution in [3.63, 3.8) is 0 Å². The van der Waals surface area contributed by atoms with Gasteiger partial charge >= 0.3 is 5.97 Å². The molecule has 0 saturated carbocycles. The molecule has 0 unspecified atom stereocenters. The topological polar surface area (TPSA) is 125 Å². The highest BCUT2D eigenvalue weighted by Crippen LogP contribution is 2.54. The van der Waals surface area contributed by atoms with E-state index in [1.807, 2.05) is 57.2 Å². The Morgan fingerprint density at radius 2 is 1.81 bits per heavy atom. The summed E-state index contributed by atoms with van der Waals surface area (Å²) in [7, 11) is 0. The van der Waals surface area contributed by atoms with Crippen LogP contribution in [0.1, 0.15) is 43.9 Å². The third-order valence-electron chi connectivity index (χ3n) is 9.78. The second-order valence-electron chi connectivity index (χ2n) is 13.0. The summed E-state index contributed by atoms with van der Waals surface area (Å²) >= 11 is 6.66. The number of nitrogens with one attached hydrogen (secondary N) is 1. The molecular weight excluding hydrogens is 622 g/mol. The van der Waals surface area contributed by atoms with Crippen LogP contribution in [0.5, 0.6) is 0 Å². The molecule has 11 heteroatoms. The normalized spacial score (nSPS) is 30.8. The highest BCUT2D eigenvalue weighted by Gasteiger charge is 2.72. The average Bonchev–Trinajstić information content (AvgIpc) is 3.43. The Hall–Kier alpha value is -3.99. The van der Waals surface area contributed by atoms with Gasteiger partial charge in [-0.05, 0) is 36.5 Å². The number of rotatable bonds is 5. The molecule has 3 amide bonds. The summed E-state index contributed by atoms with van der Waals surface area (Å²) in [6.07, 6.45) is 6.61. The van der Waals surface area contributed by atoms with Crippen molar-refractivity contribution in [3.8, 4) is 0 Å². The van der Waals surface area contributed by atoms with Gasteiger partial charge in [-0.3, -0.25) is 19.2 Å². The van der Waals surface area contributed by atoms with E-state index in [1.54, 1.807) is 41.3 Å². The maximum absolute atomic E-state index is 14.9. The smallest absolute Gasteiger partial charge is 0.306 e. The van der Waals surface area contributed by atoms with Crippen LogP contribution < -0.4 is 10.2 Å². The second-order valence-corrected chi connectivity index (χ2v) is 13.4. The fourth-order valence-electron chi connectivity index (χ4n) is 7.52. The van der Waals surface area contributed by atoms with Gasteiger partial charge in [-0.25, -0.2) is 0 Å². The Morgan fingerprint density at radius 1 is 1.04 bits per heavy atom.